The maximum Gasteiger partial charge on any atom is 0.264 e. The number of anilines is 1. The Bertz CT molecular complexity index is 685. The average Bonchev–Trinajstić information content (AvgIpc) is 3.05. The highest BCUT2D eigenvalue weighted by molar-refractivity contribution is 7.12. The number of nitrogens with zero attached hydrogens (tertiary/aromatic N) is 2. The van der Waals surface area contributed by atoms with E-state index in [-0.39, 0.29) is 17.6 Å². The van der Waals surface area contributed by atoms with Gasteiger partial charge in [-0.05, 0) is 42.6 Å². The molecule has 4 nitrogen and oxygen atoms in total. The first kappa shape index (κ1) is 14.7. The topological polar surface area (TPSA) is 40.6 Å². The fourth-order valence-corrected chi connectivity index (χ4v) is 3.25. The lowest BCUT2D eigenvalue weighted by atomic mass is 10.1. The minimum Gasteiger partial charge on any atom is -0.324 e. The number of carbonyl (C=O) groups excluding carboxylic acids is 2. The van der Waals surface area contributed by atoms with E-state index in [0.29, 0.717) is 23.7 Å². The minimum absolute atomic E-state index is 0.116. The highest BCUT2D eigenvalue weighted by Gasteiger charge is 2.35. The SMILES string of the molecule is C[C@H]1C(=O)N(c2ccc(F)cc2)CCN1C(=O)c1cccs1. The predicted molar refractivity (Wildman–Crippen MR) is 83.6 cm³/mol. The third-order valence-corrected chi connectivity index (χ3v) is 4.64. The van der Waals surface area contributed by atoms with Crippen LogP contribution in [-0.2, 0) is 4.79 Å². The molecule has 1 saturated heterocycles. The zero-order valence-corrected chi connectivity index (χ0v) is 12.8. The molecule has 0 N–H and O–H groups in total. The summed E-state index contributed by atoms with van der Waals surface area (Å²) < 4.78 is 13.0. The molecule has 1 aliphatic rings. The summed E-state index contributed by atoms with van der Waals surface area (Å²) in [6.45, 7) is 2.59. The first-order valence-electron chi connectivity index (χ1n) is 6.99. The van der Waals surface area contributed by atoms with Crippen LogP contribution in [0.5, 0.6) is 0 Å². The Balaban J connectivity index is 1.78. The Labute approximate surface area is 131 Å². The van der Waals surface area contributed by atoms with Crippen molar-refractivity contribution in [2.75, 3.05) is 18.0 Å². The normalized spacial score (nSPS) is 18.6. The highest BCUT2D eigenvalue weighted by Crippen LogP contribution is 2.23. The average molecular weight is 318 g/mol. The summed E-state index contributed by atoms with van der Waals surface area (Å²) in [5.41, 5.74) is 0.654. The second kappa shape index (κ2) is 5.88. The number of rotatable bonds is 2. The molecule has 114 valence electrons. The number of benzene rings is 1. The molecule has 0 radical (unpaired) electrons. The summed E-state index contributed by atoms with van der Waals surface area (Å²) in [5.74, 6) is -0.604. The van der Waals surface area contributed by atoms with Gasteiger partial charge in [0.25, 0.3) is 5.91 Å². The van der Waals surface area contributed by atoms with E-state index in [0.717, 1.165) is 0 Å². The number of thiophene rings is 1. The number of hydrogen-bond donors (Lipinski definition) is 0. The molecule has 6 heteroatoms. The van der Waals surface area contributed by atoms with E-state index in [2.05, 4.69) is 0 Å². The molecule has 0 aliphatic carbocycles. The lowest BCUT2D eigenvalue weighted by molar-refractivity contribution is -0.124. The van der Waals surface area contributed by atoms with E-state index in [4.69, 9.17) is 0 Å². The number of piperazine rings is 1. The fraction of sp³-hybridized carbons (Fsp3) is 0.250. The minimum atomic E-state index is -0.534. The molecular weight excluding hydrogens is 303 g/mol. The van der Waals surface area contributed by atoms with Crippen molar-refractivity contribution in [3.05, 3.63) is 52.5 Å². The van der Waals surface area contributed by atoms with Crippen molar-refractivity contribution in [1.82, 2.24) is 4.90 Å². The maximum absolute atomic E-state index is 13.0. The number of carbonyl (C=O) groups is 2. The largest absolute Gasteiger partial charge is 0.324 e. The molecule has 1 aliphatic heterocycles. The Morgan fingerprint density at radius 1 is 1.23 bits per heavy atom. The molecule has 2 heterocycles. The summed E-state index contributed by atoms with van der Waals surface area (Å²) in [7, 11) is 0. The molecule has 1 aromatic carbocycles. The van der Waals surface area contributed by atoms with Crippen molar-refractivity contribution in [2.24, 2.45) is 0 Å². The van der Waals surface area contributed by atoms with Crippen molar-refractivity contribution < 1.29 is 14.0 Å². The third-order valence-electron chi connectivity index (χ3n) is 3.79. The van der Waals surface area contributed by atoms with Gasteiger partial charge in [0.05, 0.1) is 4.88 Å². The summed E-state index contributed by atoms with van der Waals surface area (Å²) >= 11 is 1.37. The van der Waals surface area contributed by atoms with Gasteiger partial charge in [-0.1, -0.05) is 6.07 Å². The zero-order valence-electron chi connectivity index (χ0n) is 12.0. The van der Waals surface area contributed by atoms with Gasteiger partial charge in [0.2, 0.25) is 5.91 Å². The molecule has 0 spiro atoms. The van der Waals surface area contributed by atoms with Crippen LogP contribution >= 0.6 is 11.3 Å². The molecule has 2 amide bonds. The van der Waals surface area contributed by atoms with E-state index in [1.54, 1.807) is 34.9 Å². The summed E-state index contributed by atoms with van der Waals surface area (Å²) in [6.07, 6.45) is 0. The van der Waals surface area contributed by atoms with Gasteiger partial charge in [-0.25, -0.2) is 4.39 Å². The molecule has 3 rings (SSSR count). The number of halogens is 1. The molecule has 1 fully saturated rings. The van der Waals surface area contributed by atoms with Crippen LogP contribution in [0.15, 0.2) is 41.8 Å². The van der Waals surface area contributed by atoms with Crippen molar-refractivity contribution in [3.8, 4) is 0 Å². The van der Waals surface area contributed by atoms with Crippen molar-refractivity contribution in [2.45, 2.75) is 13.0 Å². The van der Waals surface area contributed by atoms with E-state index >= 15 is 0 Å². The quantitative estimate of drug-likeness (QED) is 0.854. The van der Waals surface area contributed by atoms with Crippen LogP contribution in [0, 0.1) is 5.82 Å². The molecule has 1 aromatic heterocycles. The lowest BCUT2D eigenvalue weighted by Crippen LogP contribution is -2.57. The molecule has 22 heavy (non-hydrogen) atoms. The Morgan fingerprint density at radius 2 is 1.95 bits per heavy atom. The molecule has 0 unspecified atom stereocenters. The standard InChI is InChI=1S/C16H15FN2O2S/c1-11-15(20)19(13-6-4-12(17)5-7-13)9-8-18(11)16(21)14-3-2-10-22-14/h2-7,10-11H,8-9H2,1H3/t11-/m0/s1. The Morgan fingerprint density at radius 3 is 2.59 bits per heavy atom. The van der Waals surface area contributed by atoms with E-state index in [1.165, 1.54) is 23.5 Å². The van der Waals surface area contributed by atoms with Crippen molar-refractivity contribution in [3.63, 3.8) is 0 Å². The van der Waals surface area contributed by atoms with Crippen LogP contribution in [0.4, 0.5) is 10.1 Å². The van der Waals surface area contributed by atoms with Gasteiger partial charge in [0.15, 0.2) is 0 Å². The molecule has 1 atom stereocenters. The first-order valence-corrected chi connectivity index (χ1v) is 7.87. The third kappa shape index (κ3) is 2.62. The van der Waals surface area contributed by atoms with Crippen molar-refractivity contribution in [1.29, 1.82) is 0 Å². The monoisotopic (exact) mass is 318 g/mol. The van der Waals surface area contributed by atoms with E-state index < -0.39 is 6.04 Å². The van der Waals surface area contributed by atoms with Crippen LogP contribution in [0.3, 0.4) is 0 Å². The highest BCUT2D eigenvalue weighted by atomic mass is 32.1. The summed E-state index contributed by atoms with van der Waals surface area (Å²) in [6, 6.07) is 8.86. The van der Waals surface area contributed by atoms with E-state index in [1.807, 2.05) is 11.4 Å². The van der Waals surface area contributed by atoms with Gasteiger partial charge < -0.3 is 9.80 Å². The zero-order chi connectivity index (χ0) is 15.7. The van der Waals surface area contributed by atoms with Crippen LogP contribution in [-0.4, -0.2) is 35.8 Å². The van der Waals surface area contributed by atoms with Gasteiger partial charge in [-0.3, -0.25) is 9.59 Å². The predicted octanol–water partition coefficient (Wildman–Crippen LogP) is 2.76. The lowest BCUT2D eigenvalue weighted by Gasteiger charge is -2.39. The molecular formula is C16H15FN2O2S. The maximum atomic E-state index is 13.0. The molecule has 2 aromatic rings. The molecule has 0 bridgehead atoms. The first-order chi connectivity index (χ1) is 10.6. The van der Waals surface area contributed by atoms with Gasteiger partial charge in [0, 0.05) is 18.8 Å². The van der Waals surface area contributed by atoms with Crippen LogP contribution in [0.1, 0.15) is 16.6 Å². The van der Waals surface area contributed by atoms with E-state index in [9.17, 15) is 14.0 Å². The van der Waals surface area contributed by atoms with Gasteiger partial charge >= 0.3 is 0 Å². The summed E-state index contributed by atoms with van der Waals surface area (Å²) in [5, 5.41) is 1.84. The fourth-order valence-electron chi connectivity index (χ4n) is 2.57. The summed E-state index contributed by atoms with van der Waals surface area (Å²) in [4.78, 5) is 28.8. The Hall–Kier alpha value is -2.21. The van der Waals surface area contributed by atoms with Crippen LogP contribution in [0.2, 0.25) is 0 Å². The molecule has 0 saturated carbocycles. The smallest absolute Gasteiger partial charge is 0.264 e. The number of amides is 2. The number of hydrogen-bond acceptors (Lipinski definition) is 3. The van der Waals surface area contributed by atoms with Gasteiger partial charge in [-0.2, -0.15) is 0 Å². The van der Waals surface area contributed by atoms with Crippen LogP contribution in [0.25, 0.3) is 0 Å². The van der Waals surface area contributed by atoms with Gasteiger partial charge in [-0.15, -0.1) is 11.3 Å². The Kier molecular flexibility index (Phi) is 3.94. The van der Waals surface area contributed by atoms with Crippen LogP contribution < -0.4 is 4.90 Å². The second-order valence-electron chi connectivity index (χ2n) is 5.12. The second-order valence-corrected chi connectivity index (χ2v) is 6.07. The van der Waals surface area contributed by atoms with Crippen molar-refractivity contribution >= 4 is 28.8 Å². The van der Waals surface area contributed by atoms with Gasteiger partial charge in [0.1, 0.15) is 11.9 Å².